The van der Waals surface area contributed by atoms with Crippen molar-refractivity contribution in [3.63, 3.8) is 0 Å². The highest BCUT2D eigenvalue weighted by molar-refractivity contribution is 8.00. The van der Waals surface area contributed by atoms with Gasteiger partial charge in [-0.15, -0.1) is 11.8 Å². The zero-order chi connectivity index (χ0) is 25.4. The molecule has 9 nitrogen and oxygen atoms in total. The number of thioether (sulfide) groups is 1. The van der Waals surface area contributed by atoms with Crippen molar-refractivity contribution < 1.29 is 24.4 Å². The van der Waals surface area contributed by atoms with Crippen LogP contribution in [0.1, 0.15) is 17.7 Å². The fourth-order valence-corrected chi connectivity index (χ4v) is 3.99. The van der Waals surface area contributed by atoms with Gasteiger partial charge in [0.2, 0.25) is 11.8 Å². The molecule has 0 heterocycles. The van der Waals surface area contributed by atoms with Crippen LogP contribution >= 0.6 is 11.8 Å². The number of carboxylic acid groups (broad SMARTS) is 1. The zero-order valence-corrected chi connectivity index (χ0v) is 19.3. The SMILES string of the molecule is C/C(=C\C(=O)Nc1ccc(S[C@H](C(=O)Nc2ccc([N+](=O)[O-])cc2)c2ccccc2)cc1)C(=O)O. The average molecular weight is 492 g/mol. The number of hydrogen-bond donors (Lipinski definition) is 3. The minimum Gasteiger partial charge on any atom is -0.478 e. The molecule has 0 fully saturated rings. The van der Waals surface area contributed by atoms with Gasteiger partial charge >= 0.3 is 5.97 Å². The monoisotopic (exact) mass is 491 g/mol. The van der Waals surface area contributed by atoms with Crippen LogP contribution in [-0.4, -0.2) is 27.8 Å². The van der Waals surface area contributed by atoms with Gasteiger partial charge in [-0.2, -0.15) is 0 Å². The second-order valence-electron chi connectivity index (χ2n) is 7.35. The van der Waals surface area contributed by atoms with Crippen LogP contribution < -0.4 is 10.6 Å². The number of carbonyl (C=O) groups excluding carboxylic acids is 2. The van der Waals surface area contributed by atoms with Crippen molar-refractivity contribution in [1.82, 2.24) is 0 Å². The van der Waals surface area contributed by atoms with Gasteiger partial charge in [-0.1, -0.05) is 30.3 Å². The van der Waals surface area contributed by atoms with Gasteiger partial charge in [0.1, 0.15) is 5.25 Å². The quantitative estimate of drug-likeness (QED) is 0.165. The minimum atomic E-state index is -1.18. The summed E-state index contributed by atoms with van der Waals surface area (Å²) in [5.74, 6) is -2.04. The first-order valence-corrected chi connectivity index (χ1v) is 11.2. The Morgan fingerprint density at radius 1 is 0.914 bits per heavy atom. The van der Waals surface area contributed by atoms with Crippen LogP contribution in [0.5, 0.6) is 0 Å². The van der Waals surface area contributed by atoms with Gasteiger partial charge in [-0.05, 0) is 48.9 Å². The third-order valence-electron chi connectivity index (χ3n) is 4.75. The molecule has 3 aromatic carbocycles. The van der Waals surface area contributed by atoms with Crippen molar-refractivity contribution in [3.05, 3.63) is 106 Å². The maximum absolute atomic E-state index is 13.1. The number of benzene rings is 3. The molecule has 3 rings (SSSR count). The number of hydrogen-bond acceptors (Lipinski definition) is 6. The van der Waals surface area contributed by atoms with E-state index in [0.717, 1.165) is 16.5 Å². The molecule has 0 aliphatic carbocycles. The first kappa shape index (κ1) is 25.2. The summed E-state index contributed by atoms with van der Waals surface area (Å²) in [5.41, 5.74) is 1.52. The molecule has 0 bridgehead atoms. The maximum atomic E-state index is 13.1. The van der Waals surface area contributed by atoms with E-state index in [1.165, 1.54) is 43.0 Å². The summed E-state index contributed by atoms with van der Waals surface area (Å²) in [7, 11) is 0. The number of carboxylic acids is 1. The molecule has 3 N–H and O–H groups in total. The Morgan fingerprint density at radius 3 is 2.06 bits per heavy atom. The van der Waals surface area contributed by atoms with Gasteiger partial charge in [0.05, 0.1) is 4.92 Å². The van der Waals surface area contributed by atoms with E-state index in [9.17, 15) is 24.5 Å². The topological polar surface area (TPSA) is 139 Å². The Balaban J connectivity index is 1.74. The molecule has 0 aromatic heterocycles. The number of non-ortho nitro benzene ring substituents is 1. The number of anilines is 2. The van der Waals surface area contributed by atoms with E-state index < -0.39 is 22.0 Å². The van der Waals surface area contributed by atoms with Crippen molar-refractivity contribution >= 4 is 46.6 Å². The first-order chi connectivity index (χ1) is 16.7. The number of carbonyl (C=O) groups is 3. The van der Waals surface area contributed by atoms with Crippen molar-refractivity contribution in [2.45, 2.75) is 17.1 Å². The van der Waals surface area contributed by atoms with Gasteiger partial charge < -0.3 is 15.7 Å². The molecule has 2 amide bonds. The Hall–Kier alpha value is -4.44. The Morgan fingerprint density at radius 2 is 1.49 bits per heavy atom. The molecular weight excluding hydrogens is 470 g/mol. The van der Waals surface area contributed by atoms with Crippen LogP contribution in [0.15, 0.2) is 95.4 Å². The smallest absolute Gasteiger partial charge is 0.331 e. The predicted molar refractivity (Wildman–Crippen MR) is 133 cm³/mol. The van der Waals surface area contributed by atoms with E-state index in [-0.39, 0.29) is 17.2 Å². The van der Waals surface area contributed by atoms with Gasteiger partial charge in [0, 0.05) is 40.1 Å². The van der Waals surface area contributed by atoms with Crippen molar-refractivity contribution in [2.24, 2.45) is 0 Å². The highest BCUT2D eigenvalue weighted by Crippen LogP contribution is 2.36. The maximum Gasteiger partial charge on any atom is 0.331 e. The highest BCUT2D eigenvalue weighted by Gasteiger charge is 2.22. The number of nitrogens with one attached hydrogen (secondary N) is 2. The summed E-state index contributed by atoms with van der Waals surface area (Å²) in [6.07, 6.45) is 0.999. The molecule has 10 heteroatoms. The molecule has 0 aliphatic heterocycles. The Bertz CT molecular complexity index is 1260. The van der Waals surface area contributed by atoms with Crippen LogP contribution in [-0.2, 0) is 14.4 Å². The number of aliphatic carboxylic acids is 1. The number of rotatable bonds is 9. The van der Waals surface area contributed by atoms with Crippen LogP contribution in [0.3, 0.4) is 0 Å². The first-order valence-electron chi connectivity index (χ1n) is 10.3. The lowest BCUT2D eigenvalue weighted by atomic mass is 10.1. The van der Waals surface area contributed by atoms with Crippen molar-refractivity contribution in [1.29, 1.82) is 0 Å². The minimum absolute atomic E-state index is 0.0715. The van der Waals surface area contributed by atoms with Crippen LogP contribution in [0.4, 0.5) is 17.1 Å². The van der Waals surface area contributed by atoms with Gasteiger partial charge in [0.15, 0.2) is 0 Å². The fraction of sp³-hybridized carbons (Fsp3) is 0.0800. The summed E-state index contributed by atoms with van der Waals surface area (Å²) in [5, 5.41) is 24.5. The van der Waals surface area contributed by atoms with Gasteiger partial charge in [-0.25, -0.2) is 4.79 Å². The summed E-state index contributed by atoms with van der Waals surface area (Å²) >= 11 is 1.30. The summed E-state index contributed by atoms with van der Waals surface area (Å²) < 4.78 is 0. The molecule has 35 heavy (non-hydrogen) atoms. The van der Waals surface area contributed by atoms with E-state index in [0.29, 0.717) is 11.4 Å². The normalized spacial score (nSPS) is 11.9. The van der Waals surface area contributed by atoms with Crippen LogP contribution in [0.2, 0.25) is 0 Å². The lowest BCUT2D eigenvalue weighted by Crippen LogP contribution is -2.19. The number of amides is 2. The second kappa shape index (κ2) is 11.6. The van der Waals surface area contributed by atoms with Gasteiger partial charge in [0.25, 0.3) is 5.69 Å². The summed E-state index contributed by atoms with van der Waals surface area (Å²) in [6, 6.07) is 21.5. The molecule has 0 aliphatic rings. The molecule has 3 aromatic rings. The van der Waals surface area contributed by atoms with E-state index in [1.807, 2.05) is 30.3 Å². The third kappa shape index (κ3) is 7.27. The van der Waals surface area contributed by atoms with Crippen LogP contribution in [0.25, 0.3) is 0 Å². The van der Waals surface area contributed by atoms with E-state index in [4.69, 9.17) is 5.11 Å². The van der Waals surface area contributed by atoms with Crippen molar-refractivity contribution in [2.75, 3.05) is 10.6 Å². The fourth-order valence-electron chi connectivity index (χ4n) is 2.96. The average Bonchev–Trinajstić information content (AvgIpc) is 2.84. The summed E-state index contributed by atoms with van der Waals surface area (Å²) in [6.45, 7) is 1.33. The standard InChI is InChI=1S/C25H21N3O6S/c1-16(25(31)32)15-22(29)26-18-9-13-21(14-10-18)35-23(17-5-3-2-4-6-17)24(30)27-19-7-11-20(12-8-19)28(33)34/h2-15,23H,1H3,(H,26,29)(H,27,30)(H,31,32)/b16-15+/t23-/m0/s1. The molecule has 0 saturated heterocycles. The Kier molecular flexibility index (Phi) is 8.36. The largest absolute Gasteiger partial charge is 0.478 e. The molecule has 1 atom stereocenters. The lowest BCUT2D eigenvalue weighted by molar-refractivity contribution is -0.384. The number of nitro benzene ring substituents is 1. The third-order valence-corrected chi connectivity index (χ3v) is 6.01. The van der Waals surface area contributed by atoms with Crippen LogP contribution in [0, 0.1) is 10.1 Å². The molecule has 178 valence electrons. The zero-order valence-electron chi connectivity index (χ0n) is 18.5. The van der Waals surface area contributed by atoms with Gasteiger partial charge in [-0.3, -0.25) is 19.7 Å². The number of nitro groups is 1. The second-order valence-corrected chi connectivity index (χ2v) is 8.53. The Labute approximate surface area is 205 Å². The molecule has 0 radical (unpaired) electrons. The van der Waals surface area contributed by atoms with E-state index in [2.05, 4.69) is 10.6 Å². The molecule has 0 saturated carbocycles. The lowest BCUT2D eigenvalue weighted by Gasteiger charge is -2.17. The molecular formula is C25H21N3O6S. The number of nitrogens with zero attached hydrogens (tertiary/aromatic N) is 1. The highest BCUT2D eigenvalue weighted by atomic mass is 32.2. The predicted octanol–water partition coefficient (Wildman–Crippen LogP) is 5.04. The summed E-state index contributed by atoms with van der Waals surface area (Å²) in [4.78, 5) is 47.0. The van der Waals surface area contributed by atoms with E-state index in [1.54, 1.807) is 24.3 Å². The molecule has 0 spiro atoms. The van der Waals surface area contributed by atoms with E-state index >= 15 is 0 Å². The molecule has 0 unspecified atom stereocenters. The van der Waals surface area contributed by atoms with Crippen molar-refractivity contribution in [3.8, 4) is 0 Å².